The lowest BCUT2D eigenvalue weighted by atomic mass is 9.68. The first kappa shape index (κ1) is 30.6. The first-order valence-electron chi connectivity index (χ1n) is 16.1. The highest BCUT2D eigenvalue weighted by atomic mass is 19.2. The molecule has 2 aliphatic carbocycles. The minimum atomic E-state index is -0.871. The number of hydrogen-bond donors (Lipinski definition) is 0. The molecular weight excluding hydrogens is 532 g/mol. The maximum Gasteiger partial charge on any atom is 0.166 e. The fourth-order valence-electron chi connectivity index (χ4n) is 7.51. The first-order valence-corrected chi connectivity index (χ1v) is 16.1. The second-order valence-electron chi connectivity index (χ2n) is 12.7. The Labute approximate surface area is 249 Å². The van der Waals surface area contributed by atoms with Crippen molar-refractivity contribution in [2.45, 2.75) is 96.3 Å². The Morgan fingerprint density at radius 3 is 1.79 bits per heavy atom. The van der Waals surface area contributed by atoms with E-state index in [0.717, 1.165) is 56.8 Å². The van der Waals surface area contributed by atoms with Crippen LogP contribution in [0.25, 0.3) is 22.3 Å². The lowest BCUT2D eigenvalue weighted by Crippen LogP contribution is -2.25. The van der Waals surface area contributed by atoms with Crippen molar-refractivity contribution < 1.29 is 17.6 Å². The lowest BCUT2D eigenvalue weighted by Gasteiger charge is -2.38. The normalized spacial score (nSPS) is 22.7. The summed E-state index contributed by atoms with van der Waals surface area (Å²) in [7, 11) is 0. The Hall–Kier alpha value is -2.88. The van der Waals surface area contributed by atoms with Crippen LogP contribution >= 0.6 is 0 Å². The molecule has 0 heterocycles. The molecule has 0 saturated heterocycles. The summed E-state index contributed by atoms with van der Waals surface area (Å²) < 4.78 is 60.3. The minimum Gasteiger partial charge on any atom is -0.203 e. The van der Waals surface area contributed by atoms with Crippen molar-refractivity contribution in [3.63, 3.8) is 0 Å². The van der Waals surface area contributed by atoms with E-state index >= 15 is 8.78 Å². The van der Waals surface area contributed by atoms with E-state index < -0.39 is 23.3 Å². The molecule has 0 radical (unpaired) electrons. The quantitative estimate of drug-likeness (QED) is 0.166. The molecule has 0 amide bonds. The van der Waals surface area contributed by atoms with Gasteiger partial charge in [0.1, 0.15) is 0 Å². The van der Waals surface area contributed by atoms with Gasteiger partial charge in [-0.3, -0.25) is 0 Å². The molecular formula is C38H44F4. The van der Waals surface area contributed by atoms with Gasteiger partial charge in [-0.1, -0.05) is 80.8 Å². The largest absolute Gasteiger partial charge is 0.203 e. The van der Waals surface area contributed by atoms with Crippen molar-refractivity contribution in [3.8, 4) is 22.3 Å². The lowest BCUT2D eigenvalue weighted by molar-refractivity contribution is 0.156. The summed E-state index contributed by atoms with van der Waals surface area (Å²) in [6, 6.07) is 13.2. The Morgan fingerprint density at radius 1 is 0.667 bits per heavy atom. The summed E-state index contributed by atoms with van der Waals surface area (Å²) in [6.45, 7) is 5.86. The second-order valence-corrected chi connectivity index (χ2v) is 12.7. The van der Waals surface area contributed by atoms with Crippen molar-refractivity contribution in [2.75, 3.05) is 0 Å². The van der Waals surface area contributed by atoms with Crippen molar-refractivity contribution >= 4 is 0 Å². The molecule has 0 unspecified atom stereocenters. The number of rotatable bonds is 10. The van der Waals surface area contributed by atoms with Crippen LogP contribution in [0.1, 0.15) is 101 Å². The van der Waals surface area contributed by atoms with Crippen LogP contribution in [0.3, 0.4) is 0 Å². The minimum absolute atomic E-state index is 0.0503. The standard InChI is InChI=1S/C38H44F4/c1-3-5-7-25-9-11-26(12-10-25)27-13-15-28(16-14-27)33-23-24-34(38(42)37(33)41)30-19-17-29(18-20-30)32-22-21-31(8-6-4-2)35(39)36(32)40/h3,17-28H,1,4-16H2,2H3. The molecule has 0 atom stereocenters. The summed E-state index contributed by atoms with van der Waals surface area (Å²) in [5.74, 6) is -0.892. The summed E-state index contributed by atoms with van der Waals surface area (Å²) in [6.07, 6.45) is 15.8. The van der Waals surface area contributed by atoms with Gasteiger partial charge in [-0.05, 0) is 110 Å². The topological polar surface area (TPSA) is 0 Å². The third kappa shape index (κ3) is 6.68. The molecule has 3 aromatic rings. The predicted octanol–water partition coefficient (Wildman–Crippen LogP) is 12.0. The molecule has 4 heteroatoms. The molecule has 2 saturated carbocycles. The van der Waals surface area contributed by atoms with E-state index in [2.05, 4.69) is 6.58 Å². The van der Waals surface area contributed by atoms with Gasteiger partial charge in [-0.25, -0.2) is 17.6 Å². The highest BCUT2D eigenvalue weighted by Gasteiger charge is 2.32. The van der Waals surface area contributed by atoms with E-state index in [1.807, 2.05) is 13.0 Å². The molecule has 2 aliphatic rings. The van der Waals surface area contributed by atoms with Crippen LogP contribution in [0.15, 0.2) is 61.2 Å². The SMILES string of the molecule is C=CCCC1CCC(C2CCC(c3ccc(-c4ccc(-c5ccc(CCCC)c(F)c5F)cc4)c(F)c3F)CC2)CC1. The zero-order valence-electron chi connectivity index (χ0n) is 24.9. The van der Waals surface area contributed by atoms with Crippen molar-refractivity contribution in [1.29, 1.82) is 0 Å². The van der Waals surface area contributed by atoms with Crippen LogP contribution in [0, 0.1) is 41.0 Å². The maximum absolute atomic E-state index is 15.4. The summed E-state index contributed by atoms with van der Waals surface area (Å²) in [5.41, 5.74) is 2.22. The first-order chi connectivity index (χ1) is 20.4. The molecule has 0 aromatic heterocycles. The van der Waals surface area contributed by atoms with Crippen LogP contribution in [0.4, 0.5) is 17.6 Å². The molecule has 3 aromatic carbocycles. The third-order valence-corrected chi connectivity index (χ3v) is 10.1. The van der Waals surface area contributed by atoms with Crippen molar-refractivity contribution in [3.05, 3.63) is 95.6 Å². The highest BCUT2D eigenvalue weighted by Crippen LogP contribution is 2.45. The number of allylic oxidation sites excluding steroid dienone is 1. The van der Waals surface area contributed by atoms with E-state index in [4.69, 9.17) is 0 Å². The van der Waals surface area contributed by atoms with Gasteiger partial charge in [0.25, 0.3) is 0 Å². The Morgan fingerprint density at radius 2 is 1.21 bits per heavy atom. The van der Waals surface area contributed by atoms with Crippen LogP contribution in [0.5, 0.6) is 0 Å². The molecule has 224 valence electrons. The van der Waals surface area contributed by atoms with Crippen molar-refractivity contribution in [2.24, 2.45) is 17.8 Å². The highest BCUT2D eigenvalue weighted by molar-refractivity contribution is 5.71. The van der Waals surface area contributed by atoms with E-state index in [1.165, 1.54) is 32.1 Å². The molecule has 0 aliphatic heterocycles. The van der Waals surface area contributed by atoms with Gasteiger partial charge in [0.05, 0.1) is 0 Å². The fraction of sp³-hybridized carbons (Fsp3) is 0.474. The molecule has 0 nitrogen and oxygen atoms in total. The van der Waals surface area contributed by atoms with Gasteiger partial charge in [0.15, 0.2) is 23.3 Å². The zero-order chi connectivity index (χ0) is 29.6. The molecule has 0 spiro atoms. The van der Waals surface area contributed by atoms with Crippen molar-refractivity contribution in [1.82, 2.24) is 0 Å². The summed E-state index contributed by atoms with van der Waals surface area (Å²) in [5, 5.41) is 0. The monoisotopic (exact) mass is 576 g/mol. The maximum atomic E-state index is 15.4. The Balaban J connectivity index is 1.23. The number of unbranched alkanes of at least 4 members (excludes halogenated alkanes) is 1. The molecule has 42 heavy (non-hydrogen) atoms. The zero-order valence-corrected chi connectivity index (χ0v) is 24.9. The number of halogens is 4. The average Bonchev–Trinajstić information content (AvgIpc) is 3.03. The summed E-state index contributed by atoms with van der Waals surface area (Å²) >= 11 is 0. The number of hydrogen-bond acceptors (Lipinski definition) is 0. The smallest absolute Gasteiger partial charge is 0.166 e. The van der Waals surface area contributed by atoms with Crippen LogP contribution in [0.2, 0.25) is 0 Å². The summed E-state index contributed by atoms with van der Waals surface area (Å²) in [4.78, 5) is 0. The van der Waals surface area contributed by atoms with E-state index in [1.54, 1.807) is 48.5 Å². The number of aryl methyl sites for hydroxylation is 1. The van der Waals surface area contributed by atoms with Gasteiger partial charge in [0, 0.05) is 11.1 Å². The van der Waals surface area contributed by atoms with Gasteiger partial charge in [-0.15, -0.1) is 6.58 Å². The van der Waals surface area contributed by atoms with E-state index in [0.29, 0.717) is 34.6 Å². The molecule has 5 rings (SSSR count). The molecule has 0 N–H and O–H groups in total. The Kier molecular flexibility index (Phi) is 10.2. The van der Waals surface area contributed by atoms with E-state index in [-0.39, 0.29) is 17.0 Å². The van der Waals surface area contributed by atoms with Crippen LogP contribution < -0.4 is 0 Å². The molecule has 0 bridgehead atoms. The Bertz CT molecular complexity index is 1340. The van der Waals surface area contributed by atoms with E-state index in [9.17, 15) is 8.78 Å². The second kappa shape index (κ2) is 14.1. The van der Waals surface area contributed by atoms with Gasteiger partial charge in [0.2, 0.25) is 0 Å². The third-order valence-electron chi connectivity index (χ3n) is 10.1. The fourth-order valence-corrected chi connectivity index (χ4v) is 7.51. The predicted molar refractivity (Wildman–Crippen MR) is 165 cm³/mol. The average molecular weight is 577 g/mol. The van der Waals surface area contributed by atoms with Gasteiger partial charge < -0.3 is 0 Å². The van der Waals surface area contributed by atoms with Crippen LogP contribution in [-0.4, -0.2) is 0 Å². The number of benzene rings is 3. The van der Waals surface area contributed by atoms with Crippen LogP contribution in [-0.2, 0) is 6.42 Å². The van der Waals surface area contributed by atoms with Gasteiger partial charge >= 0.3 is 0 Å². The van der Waals surface area contributed by atoms with Gasteiger partial charge in [-0.2, -0.15) is 0 Å². The molecule has 2 fully saturated rings.